The Bertz CT molecular complexity index is 625. The molecule has 0 heterocycles. The highest BCUT2D eigenvalue weighted by Crippen LogP contribution is 2.11. The highest BCUT2D eigenvalue weighted by Gasteiger charge is 2.15. The predicted molar refractivity (Wildman–Crippen MR) is 94.1 cm³/mol. The van der Waals surface area contributed by atoms with Crippen molar-refractivity contribution in [1.82, 2.24) is 0 Å². The number of likely N-dealkylation sites (N-methyl/N-ethyl adjacent to an activating group) is 1. The monoisotopic (exact) mass is 328 g/mol. The Morgan fingerprint density at radius 2 is 1.75 bits per heavy atom. The fourth-order valence-corrected chi connectivity index (χ4v) is 2.58. The maximum absolute atomic E-state index is 11.9. The van der Waals surface area contributed by atoms with E-state index in [-0.39, 0.29) is 18.7 Å². The molecule has 128 valence electrons. The SMILES string of the molecule is Cc1ccc(OCC(=O)O[C@H](C)C[NH+](C)Cc2ccccc2)cc1. The molecule has 4 nitrogen and oxygen atoms in total. The fraction of sp³-hybridized carbons (Fsp3) is 0.350. The maximum Gasteiger partial charge on any atom is 0.344 e. The number of ether oxygens (including phenoxy) is 2. The van der Waals surface area contributed by atoms with Crippen LogP contribution in [0.5, 0.6) is 5.75 Å². The van der Waals surface area contributed by atoms with Crippen LogP contribution >= 0.6 is 0 Å². The second kappa shape index (κ2) is 9.08. The third-order valence-corrected chi connectivity index (χ3v) is 3.69. The van der Waals surface area contributed by atoms with E-state index >= 15 is 0 Å². The minimum atomic E-state index is -0.337. The van der Waals surface area contributed by atoms with Gasteiger partial charge in [0.1, 0.15) is 24.9 Å². The molecule has 1 unspecified atom stereocenters. The van der Waals surface area contributed by atoms with Crippen molar-refractivity contribution >= 4 is 5.97 Å². The third-order valence-electron chi connectivity index (χ3n) is 3.69. The molecule has 2 aromatic rings. The lowest BCUT2D eigenvalue weighted by Gasteiger charge is -2.19. The fourth-order valence-electron chi connectivity index (χ4n) is 2.58. The molecule has 4 heteroatoms. The Morgan fingerprint density at radius 1 is 1.08 bits per heavy atom. The first kappa shape index (κ1) is 18.0. The van der Waals surface area contributed by atoms with Gasteiger partial charge in [0.2, 0.25) is 0 Å². The molecule has 2 rings (SSSR count). The van der Waals surface area contributed by atoms with Gasteiger partial charge < -0.3 is 14.4 Å². The Hall–Kier alpha value is -2.33. The zero-order valence-corrected chi connectivity index (χ0v) is 14.6. The van der Waals surface area contributed by atoms with Crippen molar-refractivity contribution in [3.8, 4) is 5.75 Å². The topological polar surface area (TPSA) is 40.0 Å². The van der Waals surface area contributed by atoms with Crippen LogP contribution < -0.4 is 9.64 Å². The van der Waals surface area contributed by atoms with Gasteiger partial charge in [-0.25, -0.2) is 4.79 Å². The summed E-state index contributed by atoms with van der Waals surface area (Å²) in [6.45, 7) is 5.52. The highest BCUT2D eigenvalue weighted by atomic mass is 16.6. The van der Waals surface area contributed by atoms with Crippen LogP contribution in [-0.4, -0.2) is 32.3 Å². The van der Waals surface area contributed by atoms with Gasteiger partial charge in [-0.05, 0) is 26.0 Å². The Balaban J connectivity index is 1.70. The highest BCUT2D eigenvalue weighted by molar-refractivity contribution is 5.71. The van der Waals surface area contributed by atoms with Crippen molar-refractivity contribution in [2.24, 2.45) is 0 Å². The summed E-state index contributed by atoms with van der Waals surface area (Å²) in [5.74, 6) is 0.340. The van der Waals surface area contributed by atoms with E-state index in [1.807, 2.05) is 56.3 Å². The van der Waals surface area contributed by atoms with Crippen molar-refractivity contribution < 1.29 is 19.2 Å². The maximum atomic E-state index is 11.9. The van der Waals surface area contributed by atoms with E-state index in [2.05, 4.69) is 19.2 Å². The molecule has 0 amide bonds. The molecular weight excluding hydrogens is 302 g/mol. The molecule has 0 spiro atoms. The number of carbonyl (C=O) groups is 1. The summed E-state index contributed by atoms with van der Waals surface area (Å²) >= 11 is 0. The second-order valence-corrected chi connectivity index (χ2v) is 6.23. The van der Waals surface area contributed by atoms with Crippen molar-refractivity contribution in [2.75, 3.05) is 20.2 Å². The van der Waals surface area contributed by atoms with Crippen LogP contribution in [-0.2, 0) is 16.1 Å². The predicted octanol–water partition coefficient (Wildman–Crippen LogP) is 2.02. The van der Waals surface area contributed by atoms with Gasteiger partial charge in [0.05, 0.1) is 7.05 Å². The number of carbonyl (C=O) groups excluding carboxylic acids is 1. The molecule has 24 heavy (non-hydrogen) atoms. The molecule has 0 saturated heterocycles. The van der Waals surface area contributed by atoms with Gasteiger partial charge >= 0.3 is 5.97 Å². The van der Waals surface area contributed by atoms with E-state index in [0.717, 1.165) is 18.7 Å². The van der Waals surface area contributed by atoms with E-state index in [1.165, 1.54) is 10.5 Å². The molecule has 0 fully saturated rings. The Kier molecular flexibility index (Phi) is 6.82. The number of nitrogens with one attached hydrogen (secondary N) is 1. The molecule has 1 N–H and O–H groups in total. The van der Waals surface area contributed by atoms with E-state index in [9.17, 15) is 4.79 Å². The van der Waals surface area contributed by atoms with Crippen LogP contribution in [0.1, 0.15) is 18.1 Å². The zero-order valence-electron chi connectivity index (χ0n) is 14.6. The molecule has 0 aromatic heterocycles. The molecule has 0 radical (unpaired) electrons. The van der Waals surface area contributed by atoms with Gasteiger partial charge in [0, 0.05) is 5.56 Å². The summed E-state index contributed by atoms with van der Waals surface area (Å²) in [5, 5.41) is 0. The summed E-state index contributed by atoms with van der Waals surface area (Å²) in [5.41, 5.74) is 2.43. The van der Waals surface area contributed by atoms with Gasteiger partial charge in [0.15, 0.2) is 6.61 Å². The van der Waals surface area contributed by atoms with Crippen LogP contribution in [0.15, 0.2) is 54.6 Å². The van der Waals surface area contributed by atoms with Crippen LogP contribution in [0.4, 0.5) is 0 Å². The van der Waals surface area contributed by atoms with Crippen LogP contribution in [0.3, 0.4) is 0 Å². The minimum absolute atomic E-state index is 0.0644. The van der Waals surface area contributed by atoms with Crippen molar-refractivity contribution in [3.63, 3.8) is 0 Å². The second-order valence-electron chi connectivity index (χ2n) is 6.23. The first-order valence-electron chi connectivity index (χ1n) is 8.27. The van der Waals surface area contributed by atoms with Gasteiger partial charge in [-0.15, -0.1) is 0 Å². The van der Waals surface area contributed by atoms with E-state index in [0.29, 0.717) is 5.75 Å². The van der Waals surface area contributed by atoms with E-state index in [4.69, 9.17) is 9.47 Å². The summed E-state index contributed by atoms with van der Waals surface area (Å²) in [4.78, 5) is 13.2. The molecule has 0 bridgehead atoms. The quantitative estimate of drug-likeness (QED) is 0.754. The van der Waals surface area contributed by atoms with Crippen molar-refractivity contribution in [3.05, 3.63) is 65.7 Å². The minimum Gasteiger partial charge on any atom is -0.482 e. The summed E-state index contributed by atoms with van der Waals surface area (Å²) in [6.07, 6.45) is -0.150. The molecule has 2 atom stereocenters. The Labute approximate surface area is 144 Å². The van der Waals surface area contributed by atoms with Gasteiger partial charge in [-0.3, -0.25) is 0 Å². The van der Waals surface area contributed by atoms with Gasteiger partial charge in [0.25, 0.3) is 0 Å². The number of aryl methyl sites for hydroxylation is 1. The van der Waals surface area contributed by atoms with Crippen LogP contribution in [0.25, 0.3) is 0 Å². The molecule has 0 aliphatic rings. The lowest BCUT2D eigenvalue weighted by atomic mass is 10.2. The Morgan fingerprint density at radius 3 is 2.42 bits per heavy atom. The van der Waals surface area contributed by atoms with Crippen LogP contribution in [0, 0.1) is 6.92 Å². The number of esters is 1. The lowest BCUT2D eigenvalue weighted by Crippen LogP contribution is -3.08. The first-order valence-corrected chi connectivity index (χ1v) is 8.27. The molecular formula is C20H26NO3+. The lowest BCUT2D eigenvalue weighted by molar-refractivity contribution is -0.896. The number of hydrogen-bond acceptors (Lipinski definition) is 3. The largest absolute Gasteiger partial charge is 0.482 e. The summed E-state index contributed by atoms with van der Waals surface area (Å²) in [7, 11) is 2.10. The van der Waals surface area contributed by atoms with Crippen molar-refractivity contribution in [2.45, 2.75) is 26.5 Å². The first-order chi connectivity index (χ1) is 11.5. The molecule has 2 aromatic carbocycles. The average Bonchev–Trinajstić information content (AvgIpc) is 2.55. The molecule has 0 saturated carbocycles. The summed E-state index contributed by atoms with van der Waals surface area (Å²) < 4.78 is 10.9. The van der Waals surface area contributed by atoms with E-state index in [1.54, 1.807) is 0 Å². The van der Waals surface area contributed by atoms with E-state index < -0.39 is 0 Å². The molecule has 0 aliphatic heterocycles. The molecule has 0 aliphatic carbocycles. The number of benzene rings is 2. The smallest absolute Gasteiger partial charge is 0.344 e. The standard InChI is InChI=1S/C20H25NO3/c1-16-9-11-19(12-10-16)23-15-20(22)24-17(2)13-21(3)14-18-7-5-4-6-8-18/h4-12,17H,13-15H2,1-3H3/p+1/t17-/m1/s1. The third kappa shape index (κ3) is 6.42. The van der Waals surface area contributed by atoms with Crippen LogP contribution in [0.2, 0.25) is 0 Å². The van der Waals surface area contributed by atoms with Gasteiger partial charge in [-0.2, -0.15) is 0 Å². The number of rotatable bonds is 8. The zero-order chi connectivity index (χ0) is 17.4. The number of quaternary nitrogens is 1. The summed E-state index contributed by atoms with van der Waals surface area (Å²) in [6, 6.07) is 17.9. The van der Waals surface area contributed by atoms with Crippen molar-refractivity contribution in [1.29, 1.82) is 0 Å². The average molecular weight is 328 g/mol. The van der Waals surface area contributed by atoms with Gasteiger partial charge in [-0.1, -0.05) is 48.0 Å². The normalized spacial score (nSPS) is 13.1. The number of hydrogen-bond donors (Lipinski definition) is 1.